The van der Waals surface area contributed by atoms with Crippen molar-refractivity contribution >= 4 is 59.7 Å². The number of halogens is 3. The molecule has 6 heteroatoms. The highest BCUT2D eigenvalue weighted by Gasteiger charge is 2.32. The number of rotatable bonds is 2. The van der Waals surface area contributed by atoms with Gasteiger partial charge < -0.3 is 4.74 Å². The first-order chi connectivity index (χ1) is 5.38. The molecule has 69 valence electrons. The average Bonchev–Trinajstić information content (AvgIpc) is 1.85. The van der Waals surface area contributed by atoms with Crippen molar-refractivity contribution in [2.75, 3.05) is 0 Å². The third-order valence-electron chi connectivity index (χ3n) is 0.819. The Hall–Kier alpha value is 0.580. The Balaban J connectivity index is 3.94. The zero-order chi connectivity index (χ0) is 9.78. The highest BCUT2D eigenvalue weighted by molar-refractivity contribution is 9.40. The van der Waals surface area contributed by atoms with Crippen LogP contribution in [0.15, 0.2) is 0 Å². The molecule has 1 radical (unpaired) electrons. The minimum absolute atomic E-state index is 0.134. The fourth-order valence-electron chi connectivity index (χ4n) is 0.357. The van der Waals surface area contributed by atoms with Crippen molar-refractivity contribution in [1.29, 1.82) is 0 Å². The van der Waals surface area contributed by atoms with Crippen LogP contribution in [0, 0.1) is 6.92 Å². The number of esters is 2. The van der Waals surface area contributed by atoms with Crippen LogP contribution in [-0.2, 0) is 14.3 Å². The van der Waals surface area contributed by atoms with Crippen molar-refractivity contribution in [1.82, 2.24) is 0 Å². The second-order valence-electron chi connectivity index (χ2n) is 1.86. The Bertz CT molecular complexity index is 185. The normalized spacial score (nSPS) is 11.0. The van der Waals surface area contributed by atoms with Gasteiger partial charge in [0, 0.05) is 6.42 Å². The smallest absolute Gasteiger partial charge is 0.352 e. The summed E-state index contributed by atoms with van der Waals surface area (Å²) in [5.41, 5.74) is 0. The van der Waals surface area contributed by atoms with Gasteiger partial charge in [0.25, 0.3) is 0 Å². The molecule has 0 saturated heterocycles. The predicted octanol–water partition coefficient (Wildman–Crippen LogP) is 2.51. The zero-order valence-electron chi connectivity index (χ0n) is 5.98. The molecule has 0 aromatic carbocycles. The number of alkyl halides is 3. The molecular weight excluding hydrogens is 360 g/mol. The largest absolute Gasteiger partial charge is 0.391 e. The van der Waals surface area contributed by atoms with Crippen LogP contribution in [0.3, 0.4) is 0 Å². The minimum atomic E-state index is -1.18. The van der Waals surface area contributed by atoms with E-state index in [9.17, 15) is 9.59 Å². The van der Waals surface area contributed by atoms with Crippen molar-refractivity contribution in [3.05, 3.63) is 6.92 Å². The summed E-state index contributed by atoms with van der Waals surface area (Å²) in [6, 6.07) is 0. The zero-order valence-corrected chi connectivity index (χ0v) is 10.7. The van der Waals surface area contributed by atoms with Crippen molar-refractivity contribution in [2.24, 2.45) is 0 Å². The maximum absolute atomic E-state index is 10.9. The maximum atomic E-state index is 10.9. The third kappa shape index (κ3) is 5.27. The molecule has 0 aromatic heterocycles. The minimum Gasteiger partial charge on any atom is -0.391 e. The first-order valence-corrected chi connectivity index (χ1v) is 5.37. The molecule has 0 N–H and O–H groups in total. The van der Waals surface area contributed by atoms with Gasteiger partial charge in [-0.2, -0.15) is 0 Å². The van der Waals surface area contributed by atoms with Gasteiger partial charge in [-0.25, -0.2) is 4.79 Å². The summed E-state index contributed by atoms with van der Waals surface area (Å²) in [5, 5.41) is 0. The highest BCUT2D eigenvalue weighted by Crippen LogP contribution is 2.34. The number of carbonyl (C=O) groups excluding carboxylic acids is 2. The van der Waals surface area contributed by atoms with Gasteiger partial charge in [-0.05, 0) is 54.2 Å². The van der Waals surface area contributed by atoms with Crippen molar-refractivity contribution < 1.29 is 14.3 Å². The van der Waals surface area contributed by atoms with Gasteiger partial charge in [-0.1, -0.05) is 6.92 Å². The molecular formula is C6H6Br3O3. The molecule has 3 nitrogen and oxygen atoms in total. The average molecular weight is 366 g/mol. The molecule has 0 unspecified atom stereocenters. The molecule has 0 bridgehead atoms. The molecule has 0 saturated carbocycles. The van der Waals surface area contributed by atoms with Gasteiger partial charge in [-0.15, -0.1) is 0 Å². The Morgan fingerprint density at radius 2 is 1.83 bits per heavy atom. The second kappa shape index (κ2) is 5.34. The Kier molecular flexibility index (Phi) is 5.60. The van der Waals surface area contributed by atoms with Crippen LogP contribution in [0.1, 0.15) is 12.8 Å². The van der Waals surface area contributed by atoms with E-state index in [4.69, 9.17) is 0 Å². The van der Waals surface area contributed by atoms with E-state index in [0.717, 1.165) is 0 Å². The topological polar surface area (TPSA) is 43.4 Å². The Morgan fingerprint density at radius 3 is 2.17 bits per heavy atom. The van der Waals surface area contributed by atoms with Gasteiger partial charge in [-0.3, -0.25) is 4.79 Å². The summed E-state index contributed by atoms with van der Waals surface area (Å²) in [7, 11) is 0. The quantitative estimate of drug-likeness (QED) is 0.429. The van der Waals surface area contributed by atoms with Crippen molar-refractivity contribution in [3.8, 4) is 0 Å². The van der Waals surface area contributed by atoms with Crippen LogP contribution >= 0.6 is 47.8 Å². The number of hydrogen-bond donors (Lipinski definition) is 0. The SMILES string of the molecule is [CH2]CCC(=O)OC(=O)C(Br)(Br)Br. The standard InChI is InChI=1S/C6H6Br3O3/c1-2-3-4(10)12-5(11)6(7,8)9/h1-3H2. The van der Waals surface area contributed by atoms with E-state index in [2.05, 4.69) is 59.5 Å². The first kappa shape index (κ1) is 12.6. The van der Waals surface area contributed by atoms with Crippen LogP contribution < -0.4 is 0 Å². The van der Waals surface area contributed by atoms with E-state index < -0.39 is 14.1 Å². The van der Waals surface area contributed by atoms with E-state index in [1.807, 2.05) is 0 Å². The van der Waals surface area contributed by atoms with Crippen molar-refractivity contribution in [2.45, 2.75) is 15.0 Å². The number of carbonyl (C=O) groups is 2. The number of ether oxygens (including phenoxy) is 1. The lowest BCUT2D eigenvalue weighted by atomic mass is 10.3. The van der Waals surface area contributed by atoms with E-state index >= 15 is 0 Å². The second-order valence-corrected chi connectivity index (χ2v) is 8.62. The summed E-state index contributed by atoms with van der Waals surface area (Å²) in [6.07, 6.45) is 0.542. The van der Waals surface area contributed by atoms with Crippen molar-refractivity contribution in [3.63, 3.8) is 0 Å². The molecule has 0 atom stereocenters. The van der Waals surface area contributed by atoms with Gasteiger partial charge in [0.2, 0.25) is 2.14 Å². The lowest BCUT2D eigenvalue weighted by molar-refractivity contribution is -0.158. The molecule has 0 heterocycles. The third-order valence-corrected chi connectivity index (χ3v) is 1.79. The molecule has 0 spiro atoms. The Morgan fingerprint density at radius 1 is 1.33 bits per heavy atom. The van der Waals surface area contributed by atoms with Crippen LogP contribution in [0.25, 0.3) is 0 Å². The van der Waals surface area contributed by atoms with E-state index in [-0.39, 0.29) is 6.42 Å². The highest BCUT2D eigenvalue weighted by atomic mass is 80.0. The fraction of sp³-hybridized carbons (Fsp3) is 0.500. The molecule has 0 fully saturated rings. The van der Waals surface area contributed by atoms with Gasteiger partial charge in [0.1, 0.15) is 0 Å². The van der Waals surface area contributed by atoms with Gasteiger partial charge >= 0.3 is 11.9 Å². The molecule has 0 aliphatic heterocycles. The molecule has 0 amide bonds. The first-order valence-electron chi connectivity index (χ1n) is 2.99. The maximum Gasteiger partial charge on any atom is 0.352 e. The van der Waals surface area contributed by atoms with Crippen LogP contribution in [0.2, 0.25) is 0 Å². The van der Waals surface area contributed by atoms with Crippen LogP contribution in [0.4, 0.5) is 0 Å². The van der Waals surface area contributed by atoms with E-state index in [1.165, 1.54) is 0 Å². The summed E-state index contributed by atoms with van der Waals surface area (Å²) < 4.78 is 3.22. The monoisotopic (exact) mass is 363 g/mol. The summed E-state index contributed by atoms with van der Waals surface area (Å²) in [6.45, 7) is 3.45. The fourth-order valence-corrected chi connectivity index (χ4v) is 0.599. The molecule has 12 heavy (non-hydrogen) atoms. The van der Waals surface area contributed by atoms with E-state index in [0.29, 0.717) is 6.42 Å². The van der Waals surface area contributed by atoms with Gasteiger partial charge in [0.15, 0.2) is 0 Å². The molecule has 0 aliphatic rings. The van der Waals surface area contributed by atoms with Crippen LogP contribution in [-0.4, -0.2) is 14.1 Å². The van der Waals surface area contributed by atoms with Crippen LogP contribution in [0.5, 0.6) is 0 Å². The lowest BCUT2D eigenvalue weighted by Gasteiger charge is -2.09. The summed E-state index contributed by atoms with van der Waals surface area (Å²) in [5.74, 6) is -1.32. The lowest BCUT2D eigenvalue weighted by Crippen LogP contribution is -2.23. The summed E-state index contributed by atoms with van der Waals surface area (Å²) >= 11 is 8.74. The molecule has 0 aromatic rings. The number of hydrogen-bond acceptors (Lipinski definition) is 3. The molecule has 0 rings (SSSR count). The Labute approximate surface area is 95.6 Å². The summed E-state index contributed by atoms with van der Waals surface area (Å²) in [4.78, 5) is 21.7. The van der Waals surface area contributed by atoms with Gasteiger partial charge in [0.05, 0.1) is 0 Å². The molecule has 0 aliphatic carbocycles. The van der Waals surface area contributed by atoms with E-state index in [1.54, 1.807) is 0 Å². The predicted molar refractivity (Wildman–Crippen MR) is 55.2 cm³/mol.